The van der Waals surface area contributed by atoms with Crippen molar-refractivity contribution in [2.45, 2.75) is 45.4 Å². The molecular formula is C11H20O2. The Morgan fingerprint density at radius 3 is 2.69 bits per heavy atom. The average molecular weight is 184 g/mol. The maximum absolute atomic E-state index is 11.2. The molecule has 0 atom stereocenters. The molecule has 0 unspecified atom stereocenters. The third-order valence-electron chi connectivity index (χ3n) is 2.77. The molecule has 0 saturated heterocycles. The van der Waals surface area contributed by atoms with E-state index in [9.17, 15) is 4.79 Å². The lowest BCUT2D eigenvalue weighted by Gasteiger charge is -2.07. The van der Waals surface area contributed by atoms with Crippen LogP contribution >= 0.6 is 0 Å². The van der Waals surface area contributed by atoms with Crippen molar-refractivity contribution in [3.8, 4) is 0 Å². The molecule has 1 saturated carbocycles. The molecule has 0 radical (unpaired) electrons. The first-order valence-corrected chi connectivity index (χ1v) is 5.42. The van der Waals surface area contributed by atoms with Crippen LogP contribution in [0.2, 0.25) is 0 Å². The van der Waals surface area contributed by atoms with Crippen LogP contribution in [0.5, 0.6) is 0 Å². The van der Waals surface area contributed by atoms with Gasteiger partial charge in [0.05, 0.1) is 0 Å². The van der Waals surface area contributed by atoms with Gasteiger partial charge in [0.2, 0.25) is 0 Å². The van der Waals surface area contributed by atoms with Crippen molar-refractivity contribution in [3.63, 3.8) is 0 Å². The minimum atomic E-state index is 0.272. The number of rotatable bonds is 6. The molecule has 2 nitrogen and oxygen atoms in total. The van der Waals surface area contributed by atoms with Crippen LogP contribution in [0.25, 0.3) is 0 Å². The SMILES string of the molecule is CCOCC(=O)CCC1CCCC1. The first-order chi connectivity index (χ1) is 6.33. The van der Waals surface area contributed by atoms with Crippen molar-refractivity contribution in [1.29, 1.82) is 0 Å². The Balaban J connectivity index is 2.00. The maximum Gasteiger partial charge on any atom is 0.158 e. The Morgan fingerprint density at radius 2 is 2.08 bits per heavy atom. The van der Waals surface area contributed by atoms with E-state index in [1.807, 2.05) is 6.92 Å². The van der Waals surface area contributed by atoms with Crippen LogP contribution in [0.1, 0.15) is 45.4 Å². The van der Waals surface area contributed by atoms with Crippen LogP contribution < -0.4 is 0 Å². The normalized spacial score (nSPS) is 17.9. The van der Waals surface area contributed by atoms with Gasteiger partial charge in [-0.3, -0.25) is 4.79 Å². The zero-order chi connectivity index (χ0) is 9.52. The molecule has 0 spiro atoms. The summed E-state index contributed by atoms with van der Waals surface area (Å²) in [4.78, 5) is 11.2. The Hall–Kier alpha value is -0.370. The summed E-state index contributed by atoms with van der Waals surface area (Å²) in [5.41, 5.74) is 0. The van der Waals surface area contributed by atoms with E-state index in [2.05, 4.69) is 0 Å². The van der Waals surface area contributed by atoms with Crippen molar-refractivity contribution in [2.24, 2.45) is 5.92 Å². The quantitative estimate of drug-likeness (QED) is 0.634. The third kappa shape index (κ3) is 4.41. The van der Waals surface area contributed by atoms with Gasteiger partial charge in [0.15, 0.2) is 5.78 Å². The van der Waals surface area contributed by atoms with Gasteiger partial charge in [-0.25, -0.2) is 0 Å². The third-order valence-corrected chi connectivity index (χ3v) is 2.77. The number of hydrogen-bond acceptors (Lipinski definition) is 2. The first-order valence-electron chi connectivity index (χ1n) is 5.42. The summed E-state index contributed by atoms with van der Waals surface area (Å²) >= 11 is 0. The van der Waals surface area contributed by atoms with E-state index in [0.29, 0.717) is 13.2 Å². The minimum Gasteiger partial charge on any atom is -0.374 e. The fourth-order valence-electron chi connectivity index (χ4n) is 1.95. The highest BCUT2D eigenvalue weighted by atomic mass is 16.5. The van der Waals surface area contributed by atoms with Gasteiger partial charge in [0.25, 0.3) is 0 Å². The zero-order valence-corrected chi connectivity index (χ0v) is 8.55. The van der Waals surface area contributed by atoms with Crippen LogP contribution in [-0.2, 0) is 9.53 Å². The van der Waals surface area contributed by atoms with Crippen LogP contribution in [0.15, 0.2) is 0 Å². The van der Waals surface area contributed by atoms with Crippen molar-refractivity contribution in [2.75, 3.05) is 13.2 Å². The highest BCUT2D eigenvalue weighted by Crippen LogP contribution is 2.28. The van der Waals surface area contributed by atoms with Crippen molar-refractivity contribution >= 4 is 5.78 Å². The largest absolute Gasteiger partial charge is 0.374 e. The smallest absolute Gasteiger partial charge is 0.158 e. The fraction of sp³-hybridized carbons (Fsp3) is 0.909. The highest BCUT2D eigenvalue weighted by Gasteiger charge is 2.15. The fourth-order valence-corrected chi connectivity index (χ4v) is 1.95. The van der Waals surface area contributed by atoms with Gasteiger partial charge in [-0.05, 0) is 19.3 Å². The molecule has 0 N–H and O–H groups in total. The van der Waals surface area contributed by atoms with Crippen molar-refractivity contribution in [3.05, 3.63) is 0 Å². The van der Waals surface area contributed by atoms with Crippen molar-refractivity contribution < 1.29 is 9.53 Å². The second-order valence-electron chi connectivity index (χ2n) is 3.86. The molecule has 0 aromatic carbocycles. The summed E-state index contributed by atoms with van der Waals surface area (Å²) in [6.07, 6.45) is 7.22. The summed E-state index contributed by atoms with van der Waals surface area (Å²) in [5.74, 6) is 1.10. The summed E-state index contributed by atoms with van der Waals surface area (Å²) in [6.45, 7) is 2.89. The Morgan fingerprint density at radius 1 is 1.38 bits per heavy atom. The molecule has 0 aromatic heterocycles. The molecule has 0 bridgehead atoms. The number of ketones is 1. The number of Topliss-reactive ketones (excluding diaryl/α,β-unsaturated/α-hetero) is 1. The second-order valence-corrected chi connectivity index (χ2v) is 3.86. The van der Waals surface area contributed by atoms with E-state index in [1.54, 1.807) is 0 Å². The monoisotopic (exact) mass is 184 g/mol. The van der Waals surface area contributed by atoms with E-state index >= 15 is 0 Å². The van der Waals surface area contributed by atoms with Gasteiger partial charge in [0.1, 0.15) is 6.61 Å². The molecule has 0 amide bonds. The molecule has 1 rings (SSSR count). The predicted octanol–water partition coefficient (Wildman–Crippen LogP) is 2.56. The van der Waals surface area contributed by atoms with Crippen LogP contribution in [0.4, 0.5) is 0 Å². The van der Waals surface area contributed by atoms with Gasteiger partial charge in [-0.1, -0.05) is 25.7 Å². The van der Waals surface area contributed by atoms with Crippen molar-refractivity contribution in [1.82, 2.24) is 0 Å². The van der Waals surface area contributed by atoms with Gasteiger partial charge in [-0.2, -0.15) is 0 Å². The Kier molecular flexibility index (Phi) is 5.06. The molecule has 1 aliphatic carbocycles. The topological polar surface area (TPSA) is 26.3 Å². The molecule has 0 aliphatic heterocycles. The predicted molar refractivity (Wildman–Crippen MR) is 52.7 cm³/mol. The van der Waals surface area contributed by atoms with Gasteiger partial charge in [-0.15, -0.1) is 0 Å². The molecular weight excluding hydrogens is 164 g/mol. The summed E-state index contributed by atoms with van der Waals surface area (Å²) in [5, 5.41) is 0. The van der Waals surface area contributed by atoms with Crippen LogP contribution in [0, 0.1) is 5.92 Å². The maximum atomic E-state index is 11.2. The average Bonchev–Trinajstić information content (AvgIpc) is 2.64. The van der Waals surface area contributed by atoms with E-state index in [0.717, 1.165) is 18.8 Å². The van der Waals surface area contributed by atoms with Gasteiger partial charge in [0, 0.05) is 13.0 Å². The summed E-state index contributed by atoms with van der Waals surface area (Å²) in [7, 11) is 0. The lowest BCUT2D eigenvalue weighted by molar-refractivity contribution is -0.123. The van der Waals surface area contributed by atoms with Gasteiger partial charge < -0.3 is 4.74 Å². The van der Waals surface area contributed by atoms with Gasteiger partial charge >= 0.3 is 0 Å². The molecule has 76 valence electrons. The number of carbonyl (C=O) groups is 1. The molecule has 1 aliphatic rings. The van der Waals surface area contributed by atoms with E-state index < -0.39 is 0 Å². The number of carbonyl (C=O) groups excluding carboxylic acids is 1. The number of hydrogen-bond donors (Lipinski definition) is 0. The highest BCUT2D eigenvalue weighted by molar-refractivity contribution is 5.79. The molecule has 0 aromatic rings. The summed E-state index contributed by atoms with van der Waals surface area (Å²) in [6, 6.07) is 0. The van der Waals surface area contributed by atoms with E-state index in [-0.39, 0.29) is 5.78 Å². The second kappa shape index (κ2) is 6.14. The lowest BCUT2D eigenvalue weighted by atomic mass is 10.0. The molecule has 0 heterocycles. The Bertz CT molecular complexity index is 148. The van der Waals surface area contributed by atoms with Crippen LogP contribution in [-0.4, -0.2) is 19.0 Å². The number of ether oxygens (including phenoxy) is 1. The van der Waals surface area contributed by atoms with E-state index in [1.165, 1.54) is 25.7 Å². The standard InChI is InChI=1S/C11H20O2/c1-2-13-9-11(12)8-7-10-5-3-4-6-10/h10H,2-9H2,1H3. The molecule has 1 fully saturated rings. The van der Waals surface area contributed by atoms with Crippen LogP contribution in [0.3, 0.4) is 0 Å². The summed E-state index contributed by atoms with van der Waals surface area (Å²) < 4.78 is 5.06. The zero-order valence-electron chi connectivity index (χ0n) is 8.55. The molecule has 13 heavy (non-hydrogen) atoms. The van der Waals surface area contributed by atoms with E-state index in [4.69, 9.17) is 4.74 Å². The first kappa shape index (κ1) is 10.7. The minimum absolute atomic E-state index is 0.272. The lowest BCUT2D eigenvalue weighted by Crippen LogP contribution is -2.09. The molecule has 2 heteroatoms. The Labute approximate surface area is 80.7 Å².